The van der Waals surface area contributed by atoms with E-state index in [1.165, 1.54) is 43.5 Å². The highest BCUT2D eigenvalue weighted by Gasteiger charge is 2.15. The third kappa shape index (κ3) is 5.10. The van der Waals surface area contributed by atoms with Gasteiger partial charge in [-0.05, 0) is 43.0 Å². The number of aromatic hydroxyl groups is 1. The van der Waals surface area contributed by atoms with Crippen LogP contribution in [-0.4, -0.2) is 30.1 Å². The highest BCUT2D eigenvalue weighted by atomic mass is 16.5. The number of ether oxygens (including phenoxy) is 1. The van der Waals surface area contributed by atoms with Gasteiger partial charge in [-0.25, -0.2) is 4.79 Å². The van der Waals surface area contributed by atoms with Gasteiger partial charge in [-0.3, -0.25) is 4.79 Å². The van der Waals surface area contributed by atoms with Crippen molar-refractivity contribution in [2.45, 2.75) is 32.1 Å². The van der Waals surface area contributed by atoms with E-state index in [1.807, 2.05) is 0 Å². The highest BCUT2D eigenvalue weighted by molar-refractivity contribution is 5.91. The number of amides is 1. The van der Waals surface area contributed by atoms with Crippen LogP contribution in [0.4, 0.5) is 0 Å². The molecule has 0 saturated heterocycles. The van der Waals surface area contributed by atoms with Gasteiger partial charge in [-0.15, -0.1) is 0 Å². The van der Waals surface area contributed by atoms with E-state index < -0.39 is 5.97 Å². The van der Waals surface area contributed by atoms with Crippen molar-refractivity contribution < 1.29 is 19.4 Å². The number of phenols is 1. The first-order valence-electron chi connectivity index (χ1n) is 7.38. The zero-order valence-corrected chi connectivity index (χ0v) is 12.0. The zero-order chi connectivity index (χ0) is 15.1. The molecule has 0 unspecified atom stereocenters. The first-order chi connectivity index (χ1) is 10.1. The monoisotopic (exact) mass is 291 g/mol. The maximum Gasteiger partial charge on any atom is 0.338 e. The first-order valence-corrected chi connectivity index (χ1v) is 7.38. The van der Waals surface area contributed by atoms with Gasteiger partial charge in [0.15, 0.2) is 6.61 Å². The van der Waals surface area contributed by atoms with E-state index in [1.54, 1.807) is 0 Å². The largest absolute Gasteiger partial charge is 0.508 e. The summed E-state index contributed by atoms with van der Waals surface area (Å²) in [5.41, 5.74) is 0.313. The fourth-order valence-electron chi connectivity index (χ4n) is 2.51. The molecule has 0 aliphatic heterocycles. The van der Waals surface area contributed by atoms with Crippen LogP contribution in [0, 0.1) is 5.92 Å². The first kappa shape index (κ1) is 15.4. The fraction of sp³-hybridized carbons (Fsp3) is 0.500. The Hall–Kier alpha value is -2.04. The predicted molar refractivity (Wildman–Crippen MR) is 78.0 cm³/mol. The molecular formula is C16H21NO4. The molecule has 0 spiro atoms. The van der Waals surface area contributed by atoms with Crippen LogP contribution in [0.5, 0.6) is 5.75 Å². The summed E-state index contributed by atoms with van der Waals surface area (Å²) in [4.78, 5) is 23.3. The maximum absolute atomic E-state index is 11.7. The summed E-state index contributed by atoms with van der Waals surface area (Å²) in [6, 6.07) is 5.72. The lowest BCUT2D eigenvalue weighted by molar-refractivity contribution is -0.124. The Morgan fingerprint density at radius 1 is 1.14 bits per heavy atom. The minimum atomic E-state index is -0.567. The molecule has 114 valence electrons. The SMILES string of the molecule is O=C(COC(=O)c1ccc(O)cc1)NCC1CCCCC1. The number of hydrogen-bond donors (Lipinski definition) is 2. The molecular weight excluding hydrogens is 270 g/mol. The van der Waals surface area contributed by atoms with Crippen molar-refractivity contribution in [1.29, 1.82) is 0 Å². The van der Waals surface area contributed by atoms with Gasteiger partial charge in [0.2, 0.25) is 0 Å². The molecule has 2 rings (SSSR count). The molecule has 1 aromatic rings. The normalized spacial score (nSPS) is 15.4. The third-order valence-electron chi connectivity index (χ3n) is 3.75. The maximum atomic E-state index is 11.7. The van der Waals surface area contributed by atoms with Crippen LogP contribution in [0.25, 0.3) is 0 Å². The molecule has 5 heteroatoms. The minimum Gasteiger partial charge on any atom is -0.508 e. The van der Waals surface area contributed by atoms with Crippen LogP contribution in [0.3, 0.4) is 0 Å². The number of carbonyl (C=O) groups is 2. The van der Waals surface area contributed by atoms with Crippen molar-refractivity contribution in [3.8, 4) is 5.75 Å². The van der Waals surface area contributed by atoms with Crippen LogP contribution in [-0.2, 0) is 9.53 Å². The quantitative estimate of drug-likeness (QED) is 0.816. The van der Waals surface area contributed by atoms with Crippen molar-refractivity contribution in [3.05, 3.63) is 29.8 Å². The van der Waals surface area contributed by atoms with E-state index in [9.17, 15) is 9.59 Å². The lowest BCUT2D eigenvalue weighted by Gasteiger charge is -2.21. The smallest absolute Gasteiger partial charge is 0.338 e. The summed E-state index contributed by atoms with van der Waals surface area (Å²) in [7, 11) is 0. The second-order valence-electron chi connectivity index (χ2n) is 5.43. The van der Waals surface area contributed by atoms with Crippen LogP contribution in [0.15, 0.2) is 24.3 Å². The molecule has 21 heavy (non-hydrogen) atoms. The van der Waals surface area contributed by atoms with Crippen molar-refractivity contribution in [1.82, 2.24) is 5.32 Å². The van der Waals surface area contributed by atoms with Crippen LogP contribution < -0.4 is 5.32 Å². The van der Waals surface area contributed by atoms with Gasteiger partial charge >= 0.3 is 5.97 Å². The molecule has 5 nitrogen and oxygen atoms in total. The van der Waals surface area contributed by atoms with E-state index in [2.05, 4.69) is 5.32 Å². The molecule has 1 saturated carbocycles. The Morgan fingerprint density at radius 3 is 2.48 bits per heavy atom. The van der Waals surface area contributed by atoms with Gasteiger partial charge in [0.1, 0.15) is 5.75 Å². The van der Waals surface area contributed by atoms with Gasteiger partial charge in [0.25, 0.3) is 5.91 Å². The summed E-state index contributed by atoms with van der Waals surface area (Å²) in [6.07, 6.45) is 6.07. The second kappa shape index (κ2) is 7.67. The molecule has 0 atom stereocenters. The summed E-state index contributed by atoms with van der Waals surface area (Å²) in [6.45, 7) is 0.391. The van der Waals surface area contributed by atoms with Gasteiger partial charge < -0.3 is 15.2 Å². The van der Waals surface area contributed by atoms with Gasteiger partial charge in [-0.2, -0.15) is 0 Å². The van der Waals surface area contributed by atoms with Crippen molar-refractivity contribution >= 4 is 11.9 Å². The highest BCUT2D eigenvalue weighted by Crippen LogP contribution is 2.22. The molecule has 2 N–H and O–H groups in total. The van der Waals surface area contributed by atoms with E-state index in [-0.39, 0.29) is 18.3 Å². The molecule has 0 bridgehead atoms. The summed E-state index contributed by atoms with van der Waals surface area (Å²) < 4.78 is 4.94. The Kier molecular flexibility index (Phi) is 5.60. The molecule has 1 aliphatic rings. The summed E-state index contributed by atoms with van der Waals surface area (Å²) in [5, 5.41) is 11.9. The average molecular weight is 291 g/mol. The molecule has 0 aromatic heterocycles. The van der Waals surface area contributed by atoms with Crippen molar-refractivity contribution in [2.24, 2.45) is 5.92 Å². The summed E-state index contributed by atoms with van der Waals surface area (Å²) >= 11 is 0. The van der Waals surface area contributed by atoms with Gasteiger partial charge in [-0.1, -0.05) is 19.3 Å². The average Bonchev–Trinajstić information content (AvgIpc) is 2.52. The van der Waals surface area contributed by atoms with E-state index >= 15 is 0 Å². The molecule has 0 radical (unpaired) electrons. The fourth-order valence-corrected chi connectivity index (χ4v) is 2.51. The number of phenolic OH excluding ortho intramolecular Hbond substituents is 1. The molecule has 1 amide bonds. The number of esters is 1. The number of nitrogens with one attached hydrogen (secondary N) is 1. The Bertz CT molecular complexity index is 478. The number of rotatable bonds is 5. The number of hydrogen-bond acceptors (Lipinski definition) is 4. The van der Waals surface area contributed by atoms with E-state index in [0.29, 0.717) is 18.0 Å². The lowest BCUT2D eigenvalue weighted by atomic mass is 9.89. The van der Waals surface area contributed by atoms with Crippen LogP contribution >= 0.6 is 0 Å². The minimum absolute atomic E-state index is 0.0803. The summed E-state index contributed by atoms with van der Waals surface area (Å²) in [5.74, 6) is -0.206. The lowest BCUT2D eigenvalue weighted by Crippen LogP contribution is -2.33. The van der Waals surface area contributed by atoms with Crippen molar-refractivity contribution in [2.75, 3.05) is 13.2 Å². The third-order valence-corrected chi connectivity index (χ3v) is 3.75. The molecule has 1 fully saturated rings. The predicted octanol–water partition coefficient (Wildman–Crippen LogP) is 2.25. The Morgan fingerprint density at radius 2 is 1.81 bits per heavy atom. The Balaban J connectivity index is 1.68. The van der Waals surface area contributed by atoms with Crippen LogP contribution in [0.1, 0.15) is 42.5 Å². The topological polar surface area (TPSA) is 75.6 Å². The van der Waals surface area contributed by atoms with E-state index in [4.69, 9.17) is 9.84 Å². The molecule has 0 heterocycles. The van der Waals surface area contributed by atoms with Crippen molar-refractivity contribution in [3.63, 3.8) is 0 Å². The Labute approximate surface area is 124 Å². The standard InChI is InChI=1S/C16H21NO4/c18-14-8-6-13(7-9-14)16(20)21-11-15(19)17-10-12-4-2-1-3-5-12/h6-9,12,18H,1-5,10-11H2,(H,17,19). The molecule has 1 aliphatic carbocycles. The van der Waals surface area contributed by atoms with Gasteiger partial charge in [0.05, 0.1) is 5.56 Å². The molecule has 1 aromatic carbocycles. The zero-order valence-electron chi connectivity index (χ0n) is 12.0. The number of carbonyl (C=O) groups excluding carboxylic acids is 2. The number of benzene rings is 1. The van der Waals surface area contributed by atoms with Crippen LogP contribution in [0.2, 0.25) is 0 Å². The van der Waals surface area contributed by atoms with E-state index in [0.717, 1.165) is 12.8 Å². The van der Waals surface area contributed by atoms with Gasteiger partial charge in [0, 0.05) is 6.54 Å². The second-order valence-corrected chi connectivity index (χ2v) is 5.43.